The Morgan fingerprint density at radius 2 is 2.11 bits per heavy atom. The minimum Gasteiger partial charge on any atom is -0.463 e. The molecule has 1 N–H and O–H groups in total. The average molecular weight is 266 g/mol. The van der Waals surface area contributed by atoms with Crippen molar-refractivity contribution in [3.63, 3.8) is 0 Å². The molecule has 19 heavy (non-hydrogen) atoms. The van der Waals surface area contributed by atoms with Gasteiger partial charge in [-0.25, -0.2) is 9.59 Å². The SMILES string of the molecule is CCOC(=O)C=CCN1C(=O)NC2(CCCC2)C1=O. The zero-order valence-corrected chi connectivity index (χ0v) is 11.0. The summed E-state index contributed by atoms with van der Waals surface area (Å²) in [6.07, 6.45) is 6.04. The molecule has 0 aromatic heterocycles. The van der Waals surface area contributed by atoms with Crippen molar-refractivity contribution in [1.82, 2.24) is 10.2 Å². The summed E-state index contributed by atoms with van der Waals surface area (Å²) in [5.74, 6) is -0.645. The van der Waals surface area contributed by atoms with E-state index in [0.717, 1.165) is 17.7 Å². The molecule has 2 fully saturated rings. The van der Waals surface area contributed by atoms with Gasteiger partial charge in [-0.3, -0.25) is 9.69 Å². The second kappa shape index (κ2) is 5.42. The van der Waals surface area contributed by atoms with Gasteiger partial charge in [0.15, 0.2) is 0 Å². The zero-order valence-electron chi connectivity index (χ0n) is 11.0. The predicted octanol–water partition coefficient (Wildman–Crippen LogP) is 0.970. The van der Waals surface area contributed by atoms with Crippen LogP contribution in [0.15, 0.2) is 12.2 Å². The average Bonchev–Trinajstić information content (AvgIpc) is 2.91. The van der Waals surface area contributed by atoms with Crippen LogP contribution in [-0.2, 0) is 14.3 Å². The van der Waals surface area contributed by atoms with Gasteiger partial charge in [0.25, 0.3) is 5.91 Å². The van der Waals surface area contributed by atoms with Crippen LogP contribution in [0.5, 0.6) is 0 Å². The standard InChI is InChI=1S/C13H18N2O4/c1-2-19-10(16)6-5-9-15-11(17)13(14-12(15)18)7-3-4-8-13/h5-6H,2-4,7-9H2,1H3,(H,14,18). The van der Waals surface area contributed by atoms with Crippen LogP contribution in [0.3, 0.4) is 0 Å². The van der Waals surface area contributed by atoms with Gasteiger partial charge in [-0.1, -0.05) is 18.9 Å². The number of nitrogens with zero attached hydrogens (tertiary/aromatic N) is 1. The Kier molecular flexibility index (Phi) is 3.87. The van der Waals surface area contributed by atoms with Gasteiger partial charge in [0, 0.05) is 12.6 Å². The maximum absolute atomic E-state index is 12.2. The highest BCUT2D eigenvalue weighted by Gasteiger charge is 2.51. The van der Waals surface area contributed by atoms with Gasteiger partial charge in [0.1, 0.15) is 5.54 Å². The van der Waals surface area contributed by atoms with Crippen LogP contribution >= 0.6 is 0 Å². The summed E-state index contributed by atoms with van der Waals surface area (Å²) in [4.78, 5) is 36.3. The van der Waals surface area contributed by atoms with Crippen LogP contribution in [0.2, 0.25) is 0 Å². The number of hydrogen-bond donors (Lipinski definition) is 1. The molecule has 0 atom stereocenters. The molecule has 1 aliphatic heterocycles. The lowest BCUT2D eigenvalue weighted by atomic mass is 9.98. The molecule has 6 heteroatoms. The quantitative estimate of drug-likeness (QED) is 0.467. The van der Waals surface area contributed by atoms with E-state index in [9.17, 15) is 14.4 Å². The number of nitrogens with one attached hydrogen (secondary N) is 1. The van der Waals surface area contributed by atoms with E-state index in [-0.39, 0.29) is 18.5 Å². The van der Waals surface area contributed by atoms with Gasteiger partial charge in [0.05, 0.1) is 6.61 Å². The summed E-state index contributed by atoms with van der Waals surface area (Å²) < 4.78 is 4.72. The summed E-state index contributed by atoms with van der Waals surface area (Å²) in [7, 11) is 0. The van der Waals surface area contributed by atoms with Gasteiger partial charge >= 0.3 is 12.0 Å². The number of carbonyl (C=O) groups excluding carboxylic acids is 3. The predicted molar refractivity (Wildman–Crippen MR) is 67.2 cm³/mol. The first-order valence-corrected chi connectivity index (χ1v) is 6.56. The van der Waals surface area contributed by atoms with Crippen LogP contribution in [-0.4, -0.2) is 41.5 Å². The molecule has 0 aromatic rings. The highest BCUT2D eigenvalue weighted by atomic mass is 16.5. The molecule has 0 radical (unpaired) electrons. The van der Waals surface area contributed by atoms with E-state index in [4.69, 9.17) is 4.74 Å². The van der Waals surface area contributed by atoms with Crippen molar-refractivity contribution in [3.8, 4) is 0 Å². The van der Waals surface area contributed by atoms with E-state index in [2.05, 4.69) is 5.32 Å². The molecule has 104 valence electrons. The fourth-order valence-electron chi connectivity index (χ4n) is 2.60. The molecule has 6 nitrogen and oxygen atoms in total. The van der Waals surface area contributed by atoms with Crippen molar-refractivity contribution >= 4 is 17.9 Å². The lowest BCUT2D eigenvalue weighted by molar-refractivity contribution is -0.137. The van der Waals surface area contributed by atoms with Gasteiger partial charge < -0.3 is 10.1 Å². The second-order valence-electron chi connectivity index (χ2n) is 4.79. The summed E-state index contributed by atoms with van der Waals surface area (Å²) in [6, 6.07) is -0.375. The van der Waals surface area contributed by atoms with Gasteiger partial charge in [-0.15, -0.1) is 0 Å². The topological polar surface area (TPSA) is 75.7 Å². The number of ether oxygens (including phenoxy) is 1. The van der Waals surface area contributed by atoms with Crippen molar-refractivity contribution in [2.75, 3.05) is 13.2 Å². The van der Waals surface area contributed by atoms with E-state index >= 15 is 0 Å². The normalized spacial score (nSPS) is 21.4. The molecule has 0 bridgehead atoms. The molecule has 1 saturated carbocycles. The fraction of sp³-hybridized carbons (Fsp3) is 0.615. The van der Waals surface area contributed by atoms with E-state index in [1.165, 1.54) is 12.2 Å². The highest BCUT2D eigenvalue weighted by molar-refractivity contribution is 6.07. The maximum atomic E-state index is 12.2. The Morgan fingerprint density at radius 3 is 2.74 bits per heavy atom. The lowest BCUT2D eigenvalue weighted by Crippen LogP contribution is -2.44. The van der Waals surface area contributed by atoms with Crippen molar-refractivity contribution in [2.45, 2.75) is 38.1 Å². The monoisotopic (exact) mass is 266 g/mol. The Morgan fingerprint density at radius 1 is 1.42 bits per heavy atom. The van der Waals surface area contributed by atoms with Crippen molar-refractivity contribution in [3.05, 3.63) is 12.2 Å². The first kappa shape index (κ1) is 13.6. The first-order valence-electron chi connectivity index (χ1n) is 6.56. The zero-order chi connectivity index (χ0) is 13.9. The summed E-state index contributed by atoms with van der Waals surface area (Å²) in [5, 5.41) is 2.78. The van der Waals surface area contributed by atoms with Gasteiger partial charge in [-0.05, 0) is 19.8 Å². The van der Waals surface area contributed by atoms with Gasteiger partial charge in [0.2, 0.25) is 0 Å². The molecule has 2 rings (SSSR count). The Bertz CT molecular complexity index is 424. The van der Waals surface area contributed by atoms with Crippen LogP contribution < -0.4 is 5.32 Å². The third kappa shape index (κ3) is 2.62. The molecular weight excluding hydrogens is 248 g/mol. The number of carbonyl (C=O) groups is 3. The lowest BCUT2D eigenvalue weighted by Gasteiger charge is -2.19. The third-order valence-electron chi connectivity index (χ3n) is 3.53. The summed E-state index contributed by atoms with van der Waals surface area (Å²) in [6.45, 7) is 2.12. The van der Waals surface area contributed by atoms with Crippen LogP contribution in [0.1, 0.15) is 32.6 Å². The van der Waals surface area contributed by atoms with Crippen LogP contribution in [0.4, 0.5) is 4.79 Å². The third-order valence-corrected chi connectivity index (χ3v) is 3.53. The van der Waals surface area contributed by atoms with Crippen molar-refractivity contribution in [2.24, 2.45) is 0 Å². The molecule has 0 aromatic carbocycles. The first-order chi connectivity index (χ1) is 9.09. The molecule has 1 saturated heterocycles. The van der Waals surface area contributed by atoms with E-state index in [1.807, 2.05) is 0 Å². The smallest absolute Gasteiger partial charge is 0.330 e. The Labute approximate surface area is 111 Å². The van der Waals surface area contributed by atoms with Crippen LogP contribution in [0.25, 0.3) is 0 Å². The Balaban J connectivity index is 1.96. The van der Waals surface area contributed by atoms with E-state index in [0.29, 0.717) is 19.4 Å². The van der Waals surface area contributed by atoms with Crippen LogP contribution in [0, 0.1) is 0 Å². The number of esters is 1. The molecule has 1 heterocycles. The maximum Gasteiger partial charge on any atom is 0.330 e. The Hall–Kier alpha value is -1.85. The number of rotatable bonds is 4. The molecule has 1 spiro atoms. The largest absolute Gasteiger partial charge is 0.463 e. The molecule has 2 aliphatic rings. The minimum absolute atomic E-state index is 0.102. The summed E-state index contributed by atoms with van der Waals surface area (Å²) in [5.41, 5.74) is -0.686. The van der Waals surface area contributed by atoms with E-state index in [1.54, 1.807) is 6.92 Å². The molecule has 0 unspecified atom stereocenters. The molecular formula is C13H18N2O4. The second-order valence-corrected chi connectivity index (χ2v) is 4.79. The fourth-order valence-corrected chi connectivity index (χ4v) is 2.60. The van der Waals surface area contributed by atoms with Crippen molar-refractivity contribution < 1.29 is 19.1 Å². The molecule has 3 amide bonds. The number of urea groups is 1. The minimum atomic E-state index is -0.686. The van der Waals surface area contributed by atoms with E-state index < -0.39 is 11.5 Å². The van der Waals surface area contributed by atoms with Gasteiger partial charge in [-0.2, -0.15) is 0 Å². The van der Waals surface area contributed by atoms with Crippen molar-refractivity contribution in [1.29, 1.82) is 0 Å². The summed E-state index contributed by atoms with van der Waals surface area (Å²) >= 11 is 0. The number of imide groups is 1. The number of amides is 3. The number of hydrogen-bond acceptors (Lipinski definition) is 4. The highest BCUT2D eigenvalue weighted by Crippen LogP contribution is 2.34. The molecule has 1 aliphatic carbocycles.